The normalized spacial score (nSPS) is 29.0. The van der Waals surface area contributed by atoms with Crippen molar-refractivity contribution in [3.63, 3.8) is 0 Å². The third-order valence-corrected chi connectivity index (χ3v) is 3.63. The summed E-state index contributed by atoms with van der Waals surface area (Å²) in [6, 6.07) is 0.714. The minimum Gasteiger partial charge on any atom is -0.378 e. The Labute approximate surface area is 93.8 Å². The van der Waals surface area contributed by atoms with Crippen molar-refractivity contribution in [1.29, 1.82) is 0 Å². The lowest BCUT2D eigenvalue weighted by atomic mass is 9.98. The lowest BCUT2D eigenvalue weighted by Gasteiger charge is -2.27. The van der Waals surface area contributed by atoms with Crippen molar-refractivity contribution in [2.24, 2.45) is 5.92 Å². The summed E-state index contributed by atoms with van der Waals surface area (Å²) in [5.41, 5.74) is 0. The molecule has 88 valence electrons. The van der Waals surface area contributed by atoms with Crippen LogP contribution in [0.25, 0.3) is 0 Å². The summed E-state index contributed by atoms with van der Waals surface area (Å²) in [5, 5.41) is 3.62. The Bertz CT molecular complexity index is 173. The maximum absolute atomic E-state index is 5.82. The highest BCUT2D eigenvalue weighted by molar-refractivity contribution is 4.82. The van der Waals surface area contributed by atoms with Crippen LogP contribution in [0.2, 0.25) is 0 Å². The molecule has 1 aliphatic heterocycles. The summed E-state index contributed by atoms with van der Waals surface area (Å²) in [6.45, 7) is 4.30. The molecular weight excluding hydrogens is 186 g/mol. The predicted octanol–water partition coefficient (Wildman–Crippen LogP) is 2.72. The van der Waals surface area contributed by atoms with E-state index < -0.39 is 0 Å². The topological polar surface area (TPSA) is 21.3 Å². The van der Waals surface area contributed by atoms with Crippen LogP contribution < -0.4 is 5.32 Å². The summed E-state index contributed by atoms with van der Waals surface area (Å²) in [7, 11) is 0. The van der Waals surface area contributed by atoms with Gasteiger partial charge in [-0.25, -0.2) is 0 Å². The fraction of sp³-hybridized carbons (Fsp3) is 1.00. The first-order chi connectivity index (χ1) is 7.38. The minimum absolute atomic E-state index is 0.543. The van der Waals surface area contributed by atoms with Gasteiger partial charge in [-0.2, -0.15) is 0 Å². The molecule has 2 fully saturated rings. The van der Waals surface area contributed by atoms with Crippen LogP contribution in [0.5, 0.6) is 0 Å². The molecule has 1 saturated carbocycles. The van der Waals surface area contributed by atoms with Crippen LogP contribution in [0.4, 0.5) is 0 Å². The van der Waals surface area contributed by atoms with Gasteiger partial charge in [-0.3, -0.25) is 0 Å². The van der Waals surface area contributed by atoms with E-state index in [0.29, 0.717) is 12.1 Å². The van der Waals surface area contributed by atoms with Crippen molar-refractivity contribution in [2.75, 3.05) is 13.2 Å². The molecule has 0 spiro atoms. The van der Waals surface area contributed by atoms with E-state index in [4.69, 9.17) is 4.74 Å². The van der Waals surface area contributed by atoms with E-state index in [2.05, 4.69) is 12.2 Å². The first-order valence-electron chi connectivity index (χ1n) is 6.73. The number of hydrogen-bond donors (Lipinski definition) is 1. The second-order valence-electron chi connectivity index (χ2n) is 5.16. The fourth-order valence-corrected chi connectivity index (χ4v) is 2.62. The summed E-state index contributed by atoms with van der Waals surface area (Å²) in [4.78, 5) is 0. The van der Waals surface area contributed by atoms with Gasteiger partial charge < -0.3 is 10.1 Å². The second-order valence-corrected chi connectivity index (χ2v) is 5.16. The van der Waals surface area contributed by atoms with E-state index in [1.54, 1.807) is 0 Å². The molecule has 2 unspecified atom stereocenters. The molecular formula is C13H25NO. The highest BCUT2D eigenvalue weighted by atomic mass is 16.5. The Morgan fingerprint density at radius 1 is 1.20 bits per heavy atom. The summed E-state index contributed by atoms with van der Waals surface area (Å²) >= 11 is 0. The molecule has 2 rings (SSSR count). The van der Waals surface area contributed by atoms with Gasteiger partial charge >= 0.3 is 0 Å². The van der Waals surface area contributed by atoms with Gasteiger partial charge in [-0.15, -0.1) is 0 Å². The van der Waals surface area contributed by atoms with Crippen LogP contribution in [0.1, 0.15) is 51.9 Å². The minimum atomic E-state index is 0.543. The molecule has 0 aromatic rings. The van der Waals surface area contributed by atoms with Crippen LogP contribution in [-0.4, -0.2) is 25.3 Å². The van der Waals surface area contributed by atoms with Gasteiger partial charge in [-0.1, -0.05) is 19.8 Å². The van der Waals surface area contributed by atoms with Gasteiger partial charge in [0.15, 0.2) is 0 Å². The zero-order valence-corrected chi connectivity index (χ0v) is 10.0. The fourth-order valence-electron chi connectivity index (χ4n) is 2.62. The van der Waals surface area contributed by atoms with Crippen LogP contribution in [0.3, 0.4) is 0 Å². The molecule has 2 heteroatoms. The van der Waals surface area contributed by atoms with Gasteiger partial charge in [0.25, 0.3) is 0 Å². The Kier molecular flexibility index (Phi) is 4.45. The van der Waals surface area contributed by atoms with Crippen LogP contribution >= 0.6 is 0 Å². The largest absolute Gasteiger partial charge is 0.378 e. The van der Waals surface area contributed by atoms with Crippen LogP contribution in [0, 0.1) is 5.92 Å². The van der Waals surface area contributed by atoms with E-state index >= 15 is 0 Å². The molecule has 0 aromatic carbocycles. The number of nitrogens with one attached hydrogen (secondary N) is 1. The van der Waals surface area contributed by atoms with E-state index in [0.717, 1.165) is 19.1 Å². The van der Waals surface area contributed by atoms with Gasteiger partial charge in [0.1, 0.15) is 0 Å². The summed E-state index contributed by atoms with van der Waals surface area (Å²) in [5.74, 6) is 1.03. The monoisotopic (exact) mass is 211 g/mol. The molecule has 1 aliphatic carbocycles. The molecule has 1 N–H and O–H groups in total. The molecule has 15 heavy (non-hydrogen) atoms. The molecule has 0 amide bonds. The van der Waals surface area contributed by atoms with Gasteiger partial charge in [0, 0.05) is 12.6 Å². The van der Waals surface area contributed by atoms with Crippen molar-refractivity contribution in [3.8, 4) is 0 Å². The van der Waals surface area contributed by atoms with Crippen molar-refractivity contribution < 1.29 is 4.74 Å². The quantitative estimate of drug-likeness (QED) is 0.729. The van der Waals surface area contributed by atoms with Crippen LogP contribution in [-0.2, 0) is 4.74 Å². The molecule has 1 saturated heterocycles. The van der Waals surface area contributed by atoms with Gasteiger partial charge in [-0.05, 0) is 44.6 Å². The van der Waals surface area contributed by atoms with E-state index in [1.165, 1.54) is 44.9 Å². The van der Waals surface area contributed by atoms with Crippen molar-refractivity contribution in [1.82, 2.24) is 5.32 Å². The van der Waals surface area contributed by atoms with Gasteiger partial charge in [0.05, 0.1) is 6.10 Å². The summed E-state index contributed by atoms with van der Waals surface area (Å²) < 4.78 is 5.82. The molecule has 2 aliphatic rings. The van der Waals surface area contributed by atoms with E-state index in [-0.39, 0.29) is 0 Å². The number of rotatable bonds is 6. The maximum Gasteiger partial charge on any atom is 0.0590 e. The third kappa shape index (κ3) is 4.12. The predicted molar refractivity (Wildman–Crippen MR) is 63.0 cm³/mol. The Morgan fingerprint density at radius 3 is 2.67 bits per heavy atom. The smallest absolute Gasteiger partial charge is 0.0590 e. The molecule has 0 radical (unpaired) electrons. The Balaban J connectivity index is 1.70. The Hall–Kier alpha value is -0.0800. The van der Waals surface area contributed by atoms with Crippen LogP contribution in [0.15, 0.2) is 0 Å². The first kappa shape index (κ1) is 11.4. The highest BCUT2D eigenvalue weighted by Crippen LogP contribution is 2.34. The Morgan fingerprint density at radius 2 is 2.07 bits per heavy atom. The van der Waals surface area contributed by atoms with Crippen molar-refractivity contribution in [3.05, 3.63) is 0 Å². The van der Waals surface area contributed by atoms with Crippen molar-refractivity contribution in [2.45, 2.75) is 64.0 Å². The molecule has 1 heterocycles. The van der Waals surface area contributed by atoms with E-state index in [9.17, 15) is 0 Å². The highest BCUT2D eigenvalue weighted by Gasteiger charge is 2.27. The third-order valence-electron chi connectivity index (χ3n) is 3.63. The summed E-state index contributed by atoms with van der Waals surface area (Å²) in [6.07, 6.45) is 10.0. The SMILES string of the molecule is CCNC(CC1CC1)CC1CCCCO1. The average Bonchev–Trinajstić information content (AvgIpc) is 3.03. The molecule has 0 bridgehead atoms. The molecule has 2 atom stereocenters. The number of hydrogen-bond acceptors (Lipinski definition) is 2. The van der Waals surface area contributed by atoms with Crippen molar-refractivity contribution >= 4 is 0 Å². The molecule has 2 nitrogen and oxygen atoms in total. The second kappa shape index (κ2) is 5.86. The lowest BCUT2D eigenvalue weighted by Crippen LogP contribution is -2.35. The average molecular weight is 211 g/mol. The maximum atomic E-state index is 5.82. The zero-order chi connectivity index (χ0) is 10.5. The first-order valence-corrected chi connectivity index (χ1v) is 6.73. The van der Waals surface area contributed by atoms with E-state index in [1.807, 2.05) is 0 Å². The lowest BCUT2D eigenvalue weighted by molar-refractivity contribution is 0.00449. The zero-order valence-electron chi connectivity index (χ0n) is 10.0. The molecule has 0 aromatic heterocycles. The number of ether oxygens (including phenoxy) is 1. The standard InChI is InChI=1S/C13H25NO/c1-2-14-12(9-11-6-7-11)10-13-5-3-4-8-15-13/h11-14H,2-10H2,1H3. The van der Waals surface area contributed by atoms with Gasteiger partial charge in [0.2, 0.25) is 0 Å².